The summed E-state index contributed by atoms with van der Waals surface area (Å²) in [6, 6.07) is 16.1. The topological polar surface area (TPSA) is 105 Å². The lowest BCUT2D eigenvalue weighted by Crippen LogP contribution is -2.32. The Morgan fingerprint density at radius 2 is 1.79 bits per heavy atom. The van der Waals surface area contributed by atoms with E-state index in [4.69, 9.17) is 0 Å². The van der Waals surface area contributed by atoms with E-state index in [1.165, 1.54) is 47.0 Å². The first kappa shape index (κ1) is 34.5. The molecule has 0 atom stereocenters. The molecule has 0 spiro atoms. The predicted octanol–water partition coefficient (Wildman–Crippen LogP) is 8.03. The summed E-state index contributed by atoms with van der Waals surface area (Å²) < 4.78 is 42.9. The van der Waals surface area contributed by atoms with Gasteiger partial charge in [0.25, 0.3) is 0 Å². The maximum Gasteiger partial charge on any atom is 0.573 e. The monoisotopic (exact) mass is 679 g/mol. The van der Waals surface area contributed by atoms with Crippen LogP contribution in [0.4, 0.5) is 35.0 Å². The Bertz CT molecular complexity index is 1820. The highest BCUT2D eigenvalue weighted by Crippen LogP contribution is 2.36. The number of nitrogens with one attached hydrogen (secondary N) is 1. The lowest BCUT2D eigenvalue weighted by molar-refractivity contribution is -0.274. The first-order chi connectivity index (χ1) is 22.9. The molecule has 3 amide bonds. The van der Waals surface area contributed by atoms with Crippen molar-refractivity contribution in [3.05, 3.63) is 78.1 Å². The highest BCUT2D eigenvalue weighted by Gasteiger charge is 2.33. The number of rotatable bonds is 10. The maximum absolute atomic E-state index is 13.3. The van der Waals surface area contributed by atoms with Crippen molar-refractivity contribution in [3.8, 4) is 22.8 Å². The van der Waals surface area contributed by atoms with Crippen LogP contribution < -0.4 is 19.9 Å². The third kappa shape index (κ3) is 7.81. The van der Waals surface area contributed by atoms with Crippen LogP contribution in [0, 0.1) is 0 Å². The van der Waals surface area contributed by atoms with Gasteiger partial charge in [-0.1, -0.05) is 38.6 Å². The summed E-state index contributed by atoms with van der Waals surface area (Å²) in [5.41, 5.74) is 5.27. The zero-order valence-electron chi connectivity index (χ0n) is 27.2. The Kier molecular flexibility index (Phi) is 10.4. The van der Waals surface area contributed by atoms with Crippen molar-refractivity contribution in [1.29, 1.82) is 0 Å². The molecule has 0 aliphatic carbocycles. The van der Waals surface area contributed by atoms with Gasteiger partial charge in [0.15, 0.2) is 11.0 Å². The smallest absolute Gasteiger partial charge is 0.406 e. The summed E-state index contributed by atoms with van der Waals surface area (Å²) in [6.07, 6.45) is -2.74. The van der Waals surface area contributed by atoms with Gasteiger partial charge in [-0.2, -0.15) is 4.99 Å². The molecule has 5 rings (SSSR count). The Morgan fingerprint density at radius 3 is 2.44 bits per heavy atom. The zero-order chi connectivity index (χ0) is 34.6. The highest BCUT2D eigenvalue weighted by atomic mass is 32.2. The van der Waals surface area contributed by atoms with Gasteiger partial charge in [-0.05, 0) is 91.9 Å². The van der Waals surface area contributed by atoms with Gasteiger partial charge in [-0.3, -0.25) is 9.69 Å². The number of amides is 3. The highest BCUT2D eigenvalue weighted by molar-refractivity contribution is 8.15. The number of aromatic nitrogens is 3. The van der Waals surface area contributed by atoms with Crippen molar-refractivity contribution >= 4 is 45.9 Å². The van der Waals surface area contributed by atoms with Gasteiger partial charge in [-0.25, -0.2) is 14.5 Å². The van der Waals surface area contributed by atoms with Crippen LogP contribution in [0.5, 0.6) is 5.75 Å². The number of anilines is 3. The van der Waals surface area contributed by atoms with Gasteiger partial charge in [-0.15, -0.1) is 18.3 Å². The van der Waals surface area contributed by atoms with Crippen LogP contribution in [0.2, 0.25) is 0 Å². The van der Waals surface area contributed by atoms with Gasteiger partial charge >= 0.3 is 12.4 Å². The second-order valence-corrected chi connectivity index (χ2v) is 12.1. The van der Waals surface area contributed by atoms with Crippen molar-refractivity contribution in [2.75, 3.05) is 34.0 Å². The third-order valence-corrected chi connectivity index (χ3v) is 8.70. The van der Waals surface area contributed by atoms with Gasteiger partial charge in [0.2, 0.25) is 5.91 Å². The number of benzene rings is 3. The fourth-order valence-corrected chi connectivity index (χ4v) is 6.24. The Hall–Kier alpha value is -4.85. The number of amidine groups is 1. The summed E-state index contributed by atoms with van der Waals surface area (Å²) in [7, 11) is 0. The second-order valence-electron chi connectivity index (χ2n) is 11.2. The molecule has 1 aromatic heterocycles. The van der Waals surface area contributed by atoms with Crippen LogP contribution in [0.25, 0.3) is 17.1 Å². The lowest BCUT2D eigenvalue weighted by atomic mass is 9.99. The van der Waals surface area contributed by atoms with E-state index in [2.05, 4.69) is 63.8 Å². The summed E-state index contributed by atoms with van der Waals surface area (Å²) in [5, 5.41) is 7.66. The van der Waals surface area contributed by atoms with Crippen molar-refractivity contribution in [2.24, 2.45) is 4.99 Å². The van der Waals surface area contributed by atoms with Crippen LogP contribution in [0.15, 0.2) is 72.0 Å². The summed E-state index contributed by atoms with van der Waals surface area (Å²) in [6.45, 7) is 11.9. The number of aliphatic imine (C=N–C) groups is 1. The van der Waals surface area contributed by atoms with Gasteiger partial charge < -0.3 is 15.0 Å². The molecule has 3 aromatic carbocycles. The van der Waals surface area contributed by atoms with Crippen LogP contribution in [0.1, 0.15) is 51.7 Å². The van der Waals surface area contributed by atoms with Crippen LogP contribution in [-0.4, -0.2) is 57.1 Å². The fraction of sp³-hybridized carbons (Fsp3) is 0.324. The van der Waals surface area contributed by atoms with E-state index >= 15 is 0 Å². The fourth-order valence-electron chi connectivity index (χ4n) is 5.38. The average Bonchev–Trinajstić information content (AvgIpc) is 3.68. The van der Waals surface area contributed by atoms with E-state index in [9.17, 15) is 22.8 Å². The largest absolute Gasteiger partial charge is 0.573 e. The second kappa shape index (κ2) is 14.5. The van der Waals surface area contributed by atoms with E-state index in [0.29, 0.717) is 34.4 Å². The molecule has 1 saturated heterocycles. The minimum Gasteiger partial charge on any atom is -0.406 e. The number of carbonyl (C=O) groups is 2. The van der Waals surface area contributed by atoms with Crippen molar-refractivity contribution in [2.45, 2.75) is 53.3 Å². The van der Waals surface area contributed by atoms with E-state index in [-0.39, 0.29) is 23.3 Å². The lowest BCUT2D eigenvalue weighted by Gasteiger charge is -2.26. The molecule has 4 aromatic rings. The number of thioether (sulfide) groups is 1. The molecule has 0 saturated carbocycles. The molecule has 1 fully saturated rings. The minimum atomic E-state index is -4.78. The first-order valence-electron chi connectivity index (χ1n) is 15.6. The molecule has 0 bridgehead atoms. The molecule has 1 N–H and O–H groups in total. The molecule has 0 radical (unpaired) electrons. The number of urea groups is 1. The molecule has 2 heterocycles. The molecule has 10 nitrogen and oxygen atoms in total. The van der Waals surface area contributed by atoms with Gasteiger partial charge in [0, 0.05) is 30.0 Å². The quantitative estimate of drug-likeness (QED) is 0.181. The molecule has 48 heavy (non-hydrogen) atoms. The number of hydrogen-bond donors (Lipinski definition) is 1. The van der Waals surface area contributed by atoms with Crippen LogP contribution in [0.3, 0.4) is 0 Å². The number of aryl methyl sites for hydroxylation is 1. The summed E-state index contributed by atoms with van der Waals surface area (Å²) >= 11 is 1.23. The number of ether oxygens (including phenoxy) is 1. The molecule has 0 unspecified atom stereocenters. The number of nitrogens with zero attached hydrogens (tertiary/aromatic N) is 6. The predicted molar refractivity (Wildman–Crippen MR) is 183 cm³/mol. The minimum absolute atomic E-state index is 0.138. The zero-order valence-corrected chi connectivity index (χ0v) is 28.0. The van der Waals surface area contributed by atoms with E-state index in [1.54, 1.807) is 17.0 Å². The van der Waals surface area contributed by atoms with Crippen molar-refractivity contribution in [3.63, 3.8) is 0 Å². The van der Waals surface area contributed by atoms with Crippen LogP contribution >= 0.6 is 11.8 Å². The SMILES string of the molecule is CCc1cc(-c2ncn(-c3ccc(OC(F)(F)F)cc3)n2)ccc1NC(=O)/N=C1\SCC(=O)N1c1cc(N(CC)CC)ccc1C(C)C. The van der Waals surface area contributed by atoms with Gasteiger partial charge in [0.1, 0.15) is 12.1 Å². The van der Waals surface area contributed by atoms with E-state index < -0.39 is 12.4 Å². The summed E-state index contributed by atoms with van der Waals surface area (Å²) in [5.74, 6) is 0.241. The first-order valence-corrected chi connectivity index (χ1v) is 16.5. The number of halogens is 3. The average molecular weight is 680 g/mol. The third-order valence-electron chi connectivity index (χ3n) is 7.78. The van der Waals surface area contributed by atoms with Gasteiger partial charge in [0.05, 0.1) is 17.1 Å². The van der Waals surface area contributed by atoms with E-state index in [1.807, 2.05) is 25.1 Å². The Balaban J connectivity index is 1.35. The van der Waals surface area contributed by atoms with E-state index in [0.717, 1.165) is 35.6 Å². The molecule has 252 valence electrons. The summed E-state index contributed by atoms with van der Waals surface area (Å²) in [4.78, 5) is 38.9. The Labute approximate surface area is 281 Å². The molecular weight excluding hydrogens is 643 g/mol. The number of hydrogen-bond acceptors (Lipinski definition) is 7. The van der Waals surface area contributed by atoms with Crippen molar-refractivity contribution in [1.82, 2.24) is 14.8 Å². The number of alkyl halides is 3. The van der Waals surface area contributed by atoms with Crippen molar-refractivity contribution < 1.29 is 27.5 Å². The Morgan fingerprint density at radius 1 is 1.06 bits per heavy atom. The standard InChI is InChI=1S/C34H36F3N7O3S/c1-6-22-17-23(31-38-20-43(41-31)24-10-13-26(14-11-24)47-34(35,36)37)9-16-28(22)39-32(46)40-33-44(30(45)19-48-33)29-18-25(42(7-2)8-3)12-15-27(29)21(4)5/h9-18,20-21H,6-8,19H2,1-5H3,(H,39,46)/b40-33-. The molecule has 1 aliphatic heterocycles. The molecule has 14 heteroatoms. The number of carbonyl (C=O) groups excluding carboxylic acids is 2. The molecule has 1 aliphatic rings. The van der Waals surface area contributed by atoms with Crippen LogP contribution in [-0.2, 0) is 11.2 Å². The maximum atomic E-state index is 13.3. The normalized spacial score (nSPS) is 14.2. The molecular formula is C34H36F3N7O3S.